The van der Waals surface area contributed by atoms with Crippen LogP contribution in [-0.2, 0) is 34.0 Å². The SMILES string of the molecule is CCOC(=O)C(CC1(SN=O)CCN(OS(C)(=O)=O)CC1)NS(=O)(=O)c1ccccc1. The van der Waals surface area contributed by atoms with Crippen molar-refractivity contribution in [2.24, 2.45) is 4.58 Å². The first-order valence-corrected chi connectivity index (χ1v) is 13.5. The molecule has 1 unspecified atom stereocenters. The zero-order valence-electron chi connectivity index (χ0n) is 17.1. The molecule has 2 rings (SSSR count). The minimum atomic E-state index is -4.03. The van der Waals surface area contributed by atoms with Crippen molar-refractivity contribution >= 4 is 38.1 Å². The fourth-order valence-corrected chi connectivity index (χ4v) is 5.72. The minimum absolute atomic E-state index is 0.0177. The Morgan fingerprint density at radius 3 is 2.35 bits per heavy atom. The van der Waals surface area contributed by atoms with Crippen LogP contribution in [-0.4, -0.2) is 64.6 Å². The summed E-state index contributed by atoms with van der Waals surface area (Å²) in [6, 6.07) is 6.29. The highest BCUT2D eigenvalue weighted by Gasteiger charge is 2.42. The number of esters is 1. The van der Waals surface area contributed by atoms with Crippen LogP contribution in [0.15, 0.2) is 39.8 Å². The highest BCUT2D eigenvalue weighted by molar-refractivity contribution is 7.99. The molecule has 1 N–H and O–H groups in total. The third kappa shape index (κ3) is 7.80. The van der Waals surface area contributed by atoms with Gasteiger partial charge in [0.05, 0.1) is 17.8 Å². The number of nitrogens with zero attached hydrogens (tertiary/aromatic N) is 2. The van der Waals surface area contributed by atoms with Gasteiger partial charge in [-0.2, -0.15) is 22.5 Å². The van der Waals surface area contributed by atoms with Crippen LogP contribution in [0.25, 0.3) is 0 Å². The second kappa shape index (κ2) is 10.8. The van der Waals surface area contributed by atoms with Gasteiger partial charge in [0.15, 0.2) is 0 Å². The van der Waals surface area contributed by atoms with Crippen molar-refractivity contribution < 1.29 is 30.7 Å². The normalized spacial score (nSPS) is 18.3. The molecule has 1 aromatic rings. The fourth-order valence-electron chi connectivity index (χ4n) is 3.21. The lowest BCUT2D eigenvalue weighted by Gasteiger charge is -2.39. The van der Waals surface area contributed by atoms with Crippen molar-refractivity contribution in [3.63, 3.8) is 0 Å². The molecule has 0 amide bonds. The summed E-state index contributed by atoms with van der Waals surface area (Å²) in [5.74, 6) is -0.775. The third-order valence-corrected chi connectivity index (χ3v) is 7.61. The topological polar surface area (TPSA) is 149 Å². The summed E-state index contributed by atoms with van der Waals surface area (Å²) in [7, 11) is -7.74. The predicted molar refractivity (Wildman–Crippen MR) is 115 cm³/mol. The number of hydroxylamine groups is 2. The Hall–Kier alpha value is -1.58. The van der Waals surface area contributed by atoms with E-state index in [4.69, 9.17) is 9.02 Å². The number of piperidine rings is 1. The van der Waals surface area contributed by atoms with Gasteiger partial charge in [-0.05, 0) is 38.3 Å². The van der Waals surface area contributed by atoms with Gasteiger partial charge in [-0.3, -0.25) is 4.79 Å². The highest BCUT2D eigenvalue weighted by atomic mass is 32.2. The van der Waals surface area contributed by atoms with E-state index in [-0.39, 0.29) is 43.9 Å². The van der Waals surface area contributed by atoms with Gasteiger partial charge in [0, 0.05) is 34.4 Å². The van der Waals surface area contributed by atoms with E-state index in [1.165, 1.54) is 17.2 Å². The molecule has 0 aromatic heterocycles. The molecular formula is C17H25N3O8S3. The second-order valence-corrected chi connectivity index (χ2v) is 11.5. The Bertz CT molecular complexity index is 962. The summed E-state index contributed by atoms with van der Waals surface area (Å²) >= 11 is 0.701. The van der Waals surface area contributed by atoms with Crippen LogP contribution in [0.1, 0.15) is 26.2 Å². The first-order chi connectivity index (χ1) is 14.5. The number of carbonyl (C=O) groups is 1. The van der Waals surface area contributed by atoms with Crippen LogP contribution in [0, 0.1) is 4.91 Å². The molecule has 0 aliphatic carbocycles. The largest absolute Gasteiger partial charge is 0.465 e. The van der Waals surface area contributed by atoms with Gasteiger partial charge in [0.1, 0.15) is 6.04 Å². The molecule has 1 atom stereocenters. The number of carbonyl (C=O) groups excluding carboxylic acids is 1. The van der Waals surface area contributed by atoms with E-state index in [0.29, 0.717) is 11.9 Å². The Balaban J connectivity index is 2.23. The molecule has 0 radical (unpaired) electrons. The summed E-state index contributed by atoms with van der Waals surface area (Å²) in [4.78, 5) is 23.6. The summed E-state index contributed by atoms with van der Waals surface area (Å²) in [6.07, 6.45) is 1.33. The average molecular weight is 496 g/mol. The molecule has 0 bridgehead atoms. The molecule has 0 saturated carbocycles. The third-order valence-electron chi connectivity index (χ3n) is 4.60. The second-order valence-electron chi connectivity index (χ2n) is 7.00. The first kappa shape index (κ1) is 25.7. The molecule has 14 heteroatoms. The zero-order valence-corrected chi connectivity index (χ0v) is 19.5. The number of ether oxygens (including phenoxy) is 1. The Morgan fingerprint density at radius 2 is 1.84 bits per heavy atom. The van der Waals surface area contributed by atoms with Crippen molar-refractivity contribution in [3.8, 4) is 0 Å². The van der Waals surface area contributed by atoms with E-state index >= 15 is 0 Å². The molecule has 0 spiro atoms. The van der Waals surface area contributed by atoms with Crippen LogP contribution < -0.4 is 4.72 Å². The van der Waals surface area contributed by atoms with E-state index in [2.05, 4.69) is 9.30 Å². The number of rotatable bonds is 11. The fraction of sp³-hybridized carbons (Fsp3) is 0.588. The number of hydrogen-bond donors (Lipinski definition) is 1. The van der Waals surface area contributed by atoms with Gasteiger partial charge in [-0.1, -0.05) is 18.2 Å². The molecule has 1 heterocycles. The molecule has 1 aliphatic heterocycles. The minimum Gasteiger partial charge on any atom is -0.465 e. The average Bonchev–Trinajstić information content (AvgIpc) is 2.69. The summed E-state index contributed by atoms with van der Waals surface area (Å²) in [5, 5.41) is 1.24. The molecule has 1 saturated heterocycles. The highest BCUT2D eigenvalue weighted by Crippen LogP contribution is 2.41. The van der Waals surface area contributed by atoms with Crippen molar-refractivity contribution in [1.82, 2.24) is 9.79 Å². The number of hydrogen-bond acceptors (Lipinski definition) is 11. The van der Waals surface area contributed by atoms with Crippen LogP contribution in [0.5, 0.6) is 0 Å². The standard InChI is InChI=1S/C17H25N3O8S3/c1-3-27-16(21)15(18-31(25,26)14-7-5-4-6-8-14)13-17(29-19-22)9-11-20(12-10-17)28-30(2,23)24/h4-8,15,18H,3,9-13H2,1-2H3. The number of nitrogens with one attached hydrogen (secondary N) is 1. The van der Waals surface area contributed by atoms with Crippen LogP contribution in [0.2, 0.25) is 0 Å². The number of nitroso groups, excluding NO2 is 1. The van der Waals surface area contributed by atoms with E-state index in [1.54, 1.807) is 25.1 Å². The van der Waals surface area contributed by atoms with Gasteiger partial charge >= 0.3 is 5.97 Å². The van der Waals surface area contributed by atoms with Gasteiger partial charge in [-0.15, -0.1) is 4.91 Å². The van der Waals surface area contributed by atoms with Gasteiger partial charge in [0.25, 0.3) is 10.1 Å². The maximum Gasteiger partial charge on any atom is 0.324 e. The molecule has 11 nitrogen and oxygen atoms in total. The number of sulfonamides is 1. The smallest absolute Gasteiger partial charge is 0.324 e. The van der Waals surface area contributed by atoms with Crippen LogP contribution in [0.3, 0.4) is 0 Å². The van der Waals surface area contributed by atoms with E-state index < -0.39 is 36.9 Å². The Kier molecular flexibility index (Phi) is 8.97. The molecule has 1 aromatic carbocycles. The monoisotopic (exact) mass is 495 g/mol. The predicted octanol–water partition coefficient (Wildman–Crippen LogP) is 1.43. The lowest BCUT2D eigenvalue weighted by molar-refractivity contribution is -0.145. The Morgan fingerprint density at radius 1 is 1.23 bits per heavy atom. The quantitative estimate of drug-likeness (QED) is 0.271. The molecule has 31 heavy (non-hydrogen) atoms. The lowest BCUT2D eigenvalue weighted by atomic mass is 9.90. The van der Waals surface area contributed by atoms with E-state index in [0.717, 1.165) is 6.26 Å². The van der Waals surface area contributed by atoms with Crippen molar-refractivity contribution in [2.45, 2.75) is 41.9 Å². The number of benzene rings is 1. The van der Waals surface area contributed by atoms with Crippen molar-refractivity contribution in [3.05, 3.63) is 35.2 Å². The van der Waals surface area contributed by atoms with Crippen LogP contribution >= 0.6 is 11.9 Å². The van der Waals surface area contributed by atoms with E-state index in [9.17, 15) is 26.5 Å². The molecule has 1 aliphatic rings. The maximum atomic E-state index is 12.8. The maximum absolute atomic E-state index is 12.8. The Labute approximate surface area is 186 Å². The van der Waals surface area contributed by atoms with Gasteiger partial charge in [-0.25, -0.2) is 8.42 Å². The molecular weight excluding hydrogens is 470 g/mol. The van der Waals surface area contributed by atoms with Crippen molar-refractivity contribution in [1.29, 1.82) is 0 Å². The van der Waals surface area contributed by atoms with Crippen molar-refractivity contribution in [2.75, 3.05) is 26.0 Å². The summed E-state index contributed by atoms with van der Waals surface area (Å²) in [6.45, 7) is 1.94. The summed E-state index contributed by atoms with van der Waals surface area (Å²) in [5.41, 5.74) is 0. The van der Waals surface area contributed by atoms with Crippen LogP contribution in [0.4, 0.5) is 0 Å². The lowest BCUT2D eigenvalue weighted by Crippen LogP contribution is -2.50. The molecule has 1 fully saturated rings. The molecule has 174 valence electrons. The zero-order chi connectivity index (χ0) is 23.1. The van der Waals surface area contributed by atoms with E-state index in [1.807, 2.05) is 0 Å². The first-order valence-electron chi connectivity index (χ1n) is 9.40. The van der Waals surface area contributed by atoms with Gasteiger partial charge in [0.2, 0.25) is 10.0 Å². The van der Waals surface area contributed by atoms with Gasteiger partial charge < -0.3 is 4.74 Å². The summed E-state index contributed by atoms with van der Waals surface area (Å²) < 4.78 is 62.5.